The van der Waals surface area contributed by atoms with Gasteiger partial charge in [-0.15, -0.1) is 0 Å². The Morgan fingerprint density at radius 3 is 2.26 bits per heavy atom. The second kappa shape index (κ2) is 8.79. The fourth-order valence-corrected chi connectivity index (χ4v) is 4.83. The van der Waals surface area contributed by atoms with Crippen LogP contribution in [-0.2, 0) is 23.5 Å². The molecule has 2 atom stereocenters. The molecule has 0 amide bonds. The molecular formula is C26H28N2O3. The summed E-state index contributed by atoms with van der Waals surface area (Å²) in [7, 11) is 0. The number of benzene rings is 2. The van der Waals surface area contributed by atoms with Crippen LogP contribution in [0.5, 0.6) is 5.75 Å². The van der Waals surface area contributed by atoms with E-state index in [4.69, 9.17) is 9.47 Å². The van der Waals surface area contributed by atoms with Crippen molar-refractivity contribution in [3.63, 3.8) is 0 Å². The second-order valence-electron chi connectivity index (χ2n) is 8.63. The lowest BCUT2D eigenvalue weighted by Crippen LogP contribution is -2.60. The van der Waals surface area contributed by atoms with E-state index in [2.05, 4.69) is 34.1 Å². The van der Waals surface area contributed by atoms with Crippen molar-refractivity contribution >= 4 is 0 Å². The molecule has 2 bridgehead atoms. The van der Waals surface area contributed by atoms with E-state index in [9.17, 15) is 5.11 Å². The third-order valence-electron chi connectivity index (χ3n) is 6.41. The van der Waals surface area contributed by atoms with Gasteiger partial charge in [0.05, 0.1) is 25.0 Å². The van der Waals surface area contributed by atoms with Gasteiger partial charge in [-0.25, -0.2) is 0 Å². The van der Waals surface area contributed by atoms with Crippen LogP contribution in [0.2, 0.25) is 0 Å². The van der Waals surface area contributed by atoms with Crippen molar-refractivity contribution in [2.45, 2.75) is 43.7 Å². The molecule has 160 valence electrons. The van der Waals surface area contributed by atoms with Crippen LogP contribution in [0.4, 0.5) is 0 Å². The van der Waals surface area contributed by atoms with Gasteiger partial charge in [-0.3, -0.25) is 9.88 Å². The molecule has 3 heterocycles. The average Bonchev–Trinajstić information content (AvgIpc) is 2.80. The van der Waals surface area contributed by atoms with Gasteiger partial charge >= 0.3 is 0 Å². The lowest BCUT2D eigenvalue weighted by atomic mass is 9.77. The van der Waals surface area contributed by atoms with Crippen LogP contribution in [0, 0.1) is 0 Å². The van der Waals surface area contributed by atoms with Crippen molar-refractivity contribution in [2.75, 3.05) is 13.2 Å². The Hall–Kier alpha value is -2.73. The predicted octanol–water partition coefficient (Wildman–Crippen LogP) is 3.91. The van der Waals surface area contributed by atoms with Gasteiger partial charge in [0.2, 0.25) is 0 Å². The molecule has 3 aromatic rings. The zero-order valence-electron chi connectivity index (χ0n) is 17.6. The fourth-order valence-electron chi connectivity index (χ4n) is 4.83. The van der Waals surface area contributed by atoms with Gasteiger partial charge in [-0.05, 0) is 30.0 Å². The first-order valence-corrected chi connectivity index (χ1v) is 10.9. The van der Waals surface area contributed by atoms with E-state index in [1.807, 2.05) is 42.5 Å². The molecule has 2 aromatic carbocycles. The molecule has 2 fully saturated rings. The SMILES string of the molecule is OC1(c2cncc(OCc3ccccc3)c2)CC2COCC(C1)N2Cc1ccccc1. The number of hydrogen-bond donors (Lipinski definition) is 1. The molecule has 31 heavy (non-hydrogen) atoms. The van der Waals surface area contributed by atoms with E-state index in [-0.39, 0.29) is 12.1 Å². The first-order chi connectivity index (χ1) is 15.2. The zero-order valence-corrected chi connectivity index (χ0v) is 17.6. The Bertz CT molecular complexity index is 982. The molecule has 2 saturated heterocycles. The first-order valence-electron chi connectivity index (χ1n) is 10.9. The number of aromatic nitrogens is 1. The van der Waals surface area contributed by atoms with Crippen LogP contribution in [0.3, 0.4) is 0 Å². The molecule has 2 aliphatic rings. The van der Waals surface area contributed by atoms with E-state index in [1.165, 1.54) is 5.56 Å². The molecule has 1 aromatic heterocycles. The van der Waals surface area contributed by atoms with E-state index < -0.39 is 5.60 Å². The Labute approximate surface area is 183 Å². The standard InChI is InChI=1S/C26H28N2O3/c29-26(22-11-25(15-27-14-22)31-17-21-9-5-2-6-10-21)12-23-18-30-19-24(13-26)28(23)16-20-7-3-1-4-8-20/h1-11,14-15,23-24,29H,12-13,16-19H2. The molecule has 1 N–H and O–H groups in total. The zero-order chi connectivity index (χ0) is 21.1. The number of rotatable bonds is 6. The molecule has 0 radical (unpaired) electrons. The summed E-state index contributed by atoms with van der Waals surface area (Å²) >= 11 is 0. The highest BCUT2D eigenvalue weighted by Gasteiger charge is 2.47. The smallest absolute Gasteiger partial charge is 0.138 e. The normalized spacial score (nSPS) is 25.8. The molecule has 2 unspecified atom stereocenters. The minimum atomic E-state index is -0.925. The Morgan fingerprint density at radius 2 is 1.58 bits per heavy atom. The van der Waals surface area contributed by atoms with Crippen molar-refractivity contribution in [3.8, 4) is 5.75 Å². The van der Waals surface area contributed by atoms with Gasteiger partial charge < -0.3 is 14.6 Å². The van der Waals surface area contributed by atoms with Crippen molar-refractivity contribution in [2.24, 2.45) is 0 Å². The highest BCUT2D eigenvalue weighted by molar-refractivity contribution is 5.30. The summed E-state index contributed by atoms with van der Waals surface area (Å²) in [4.78, 5) is 6.86. The Morgan fingerprint density at radius 1 is 0.935 bits per heavy atom. The van der Waals surface area contributed by atoms with Gasteiger partial charge in [-0.2, -0.15) is 0 Å². The number of piperidine rings is 1. The Kier molecular flexibility index (Phi) is 5.72. The van der Waals surface area contributed by atoms with E-state index in [1.54, 1.807) is 12.4 Å². The first kappa shape index (κ1) is 20.2. The van der Waals surface area contributed by atoms with E-state index in [0.29, 0.717) is 38.4 Å². The number of hydrogen-bond acceptors (Lipinski definition) is 5. The summed E-state index contributed by atoms with van der Waals surface area (Å²) in [5.41, 5.74) is 2.30. The van der Waals surface area contributed by atoms with E-state index in [0.717, 1.165) is 17.7 Å². The van der Waals surface area contributed by atoms with Crippen molar-refractivity contribution in [1.29, 1.82) is 0 Å². The molecule has 5 heteroatoms. The minimum absolute atomic E-state index is 0.173. The summed E-state index contributed by atoms with van der Waals surface area (Å²) in [5.74, 6) is 0.683. The fraction of sp³-hybridized carbons (Fsp3) is 0.346. The summed E-state index contributed by atoms with van der Waals surface area (Å²) in [6, 6.07) is 22.9. The topological polar surface area (TPSA) is 54.8 Å². The summed E-state index contributed by atoms with van der Waals surface area (Å²) < 4.78 is 11.8. The number of aliphatic hydroxyl groups is 1. The number of fused-ring (bicyclic) bond motifs is 2. The third-order valence-corrected chi connectivity index (χ3v) is 6.41. The lowest BCUT2D eigenvalue weighted by Gasteiger charge is -2.51. The quantitative estimate of drug-likeness (QED) is 0.660. The predicted molar refractivity (Wildman–Crippen MR) is 119 cm³/mol. The minimum Gasteiger partial charge on any atom is -0.487 e. The van der Waals surface area contributed by atoms with Gasteiger partial charge in [-0.1, -0.05) is 60.7 Å². The second-order valence-corrected chi connectivity index (χ2v) is 8.63. The number of morpholine rings is 1. The molecule has 5 rings (SSSR count). The molecule has 0 spiro atoms. The summed E-state index contributed by atoms with van der Waals surface area (Å²) in [5, 5.41) is 11.7. The van der Waals surface area contributed by atoms with E-state index >= 15 is 0 Å². The lowest BCUT2D eigenvalue weighted by molar-refractivity contribution is -0.149. The van der Waals surface area contributed by atoms with Gasteiger partial charge in [0.15, 0.2) is 0 Å². The average molecular weight is 417 g/mol. The van der Waals surface area contributed by atoms with Crippen molar-refractivity contribution in [1.82, 2.24) is 9.88 Å². The highest BCUT2D eigenvalue weighted by atomic mass is 16.5. The number of nitrogens with zero attached hydrogens (tertiary/aromatic N) is 2. The molecule has 0 saturated carbocycles. The van der Waals surface area contributed by atoms with Crippen LogP contribution in [0.25, 0.3) is 0 Å². The van der Waals surface area contributed by atoms with Crippen LogP contribution in [-0.4, -0.2) is 40.3 Å². The van der Waals surface area contributed by atoms with Crippen LogP contribution in [0.1, 0.15) is 29.5 Å². The third kappa shape index (κ3) is 4.49. The largest absolute Gasteiger partial charge is 0.487 e. The van der Waals surface area contributed by atoms with Gasteiger partial charge in [0, 0.05) is 30.4 Å². The van der Waals surface area contributed by atoms with Crippen LogP contribution < -0.4 is 4.74 Å². The van der Waals surface area contributed by atoms with Crippen LogP contribution in [0.15, 0.2) is 79.1 Å². The van der Waals surface area contributed by atoms with Crippen LogP contribution >= 0.6 is 0 Å². The maximum atomic E-state index is 11.7. The highest BCUT2D eigenvalue weighted by Crippen LogP contribution is 2.42. The van der Waals surface area contributed by atoms with Crippen molar-refractivity contribution < 1.29 is 14.6 Å². The number of ether oxygens (including phenoxy) is 2. The Balaban J connectivity index is 1.31. The summed E-state index contributed by atoms with van der Waals surface area (Å²) in [6.07, 6.45) is 4.74. The summed E-state index contributed by atoms with van der Waals surface area (Å²) in [6.45, 7) is 2.65. The number of pyridine rings is 1. The molecule has 2 aliphatic heterocycles. The van der Waals surface area contributed by atoms with Gasteiger partial charge in [0.25, 0.3) is 0 Å². The molecular weight excluding hydrogens is 388 g/mol. The molecule has 5 nitrogen and oxygen atoms in total. The maximum absolute atomic E-state index is 11.7. The monoisotopic (exact) mass is 416 g/mol. The molecule has 0 aliphatic carbocycles. The van der Waals surface area contributed by atoms with Gasteiger partial charge in [0.1, 0.15) is 12.4 Å². The maximum Gasteiger partial charge on any atom is 0.138 e. The van der Waals surface area contributed by atoms with Crippen molar-refractivity contribution in [3.05, 3.63) is 95.8 Å².